The summed E-state index contributed by atoms with van der Waals surface area (Å²) in [5.41, 5.74) is 0. The molecule has 7 heteroatoms. The van der Waals surface area contributed by atoms with Gasteiger partial charge in [0, 0.05) is 19.2 Å². The van der Waals surface area contributed by atoms with Crippen molar-refractivity contribution < 1.29 is 22.7 Å². The highest BCUT2D eigenvalue weighted by Crippen LogP contribution is 2.30. The van der Waals surface area contributed by atoms with Gasteiger partial charge in [0.05, 0.1) is 25.0 Å². The molecule has 0 N–H and O–H groups in total. The molecule has 6 nitrogen and oxygen atoms in total. The quantitative estimate of drug-likeness (QED) is 0.779. The van der Waals surface area contributed by atoms with Crippen molar-refractivity contribution in [2.24, 2.45) is 11.8 Å². The Morgan fingerprint density at radius 3 is 2.62 bits per heavy atom. The second-order valence-corrected chi connectivity index (χ2v) is 7.05. The van der Waals surface area contributed by atoms with Gasteiger partial charge in [-0.1, -0.05) is 13.0 Å². The van der Waals surface area contributed by atoms with Crippen molar-refractivity contribution >= 4 is 16.0 Å². The third-order valence-electron chi connectivity index (χ3n) is 3.76. The van der Waals surface area contributed by atoms with E-state index in [4.69, 9.17) is 9.47 Å². The normalized spacial score (nSPS) is 23.0. The average Bonchev–Trinajstić information content (AvgIpc) is 2.89. The maximum atomic E-state index is 12.6. The van der Waals surface area contributed by atoms with Gasteiger partial charge in [-0.15, -0.1) is 0 Å². The summed E-state index contributed by atoms with van der Waals surface area (Å²) < 4.78 is 36.4. The molecule has 116 valence electrons. The largest absolute Gasteiger partial charge is 0.497 e. The van der Waals surface area contributed by atoms with Gasteiger partial charge < -0.3 is 9.47 Å². The highest BCUT2D eigenvalue weighted by Gasteiger charge is 2.41. The monoisotopic (exact) mass is 313 g/mol. The van der Waals surface area contributed by atoms with Crippen molar-refractivity contribution in [1.29, 1.82) is 0 Å². The lowest BCUT2D eigenvalue weighted by atomic mass is 9.99. The molecule has 0 aromatic heterocycles. The first kappa shape index (κ1) is 15.8. The van der Waals surface area contributed by atoms with Gasteiger partial charge in [-0.2, -0.15) is 4.31 Å². The first-order chi connectivity index (χ1) is 9.90. The van der Waals surface area contributed by atoms with E-state index >= 15 is 0 Å². The number of carbonyl (C=O) groups is 1. The van der Waals surface area contributed by atoms with E-state index in [2.05, 4.69) is 0 Å². The predicted molar refractivity (Wildman–Crippen MR) is 76.4 cm³/mol. The Bertz CT molecular complexity index is 628. The van der Waals surface area contributed by atoms with Crippen molar-refractivity contribution in [1.82, 2.24) is 4.31 Å². The molecular weight excluding hydrogens is 294 g/mol. The Kier molecular flexibility index (Phi) is 4.53. The van der Waals surface area contributed by atoms with Gasteiger partial charge in [0.1, 0.15) is 5.75 Å². The summed E-state index contributed by atoms with van der Waals surface area (Å²) in [5, 5.41) is 0. The minimum Gasteiger partial charge on any atom is -0.497 e. The van der Waals surface area contributed by atoms with Crippen LogP contribution in [0, 0.1) is 11.8 Å². The molecule has 2 unspecified atom stereocenters. The van der Waals surface area contributed by atoms with Crippen LogP contribution in [0.5, 0.6) is 5.75 Å². The fourth-order valence-corrected chi connectivity index (χ4v) is 4.09. The van der Waals surface area contributed by atoms with E-state index in [-0.39, 0.29) is 23.3 Å². The lowest BCUT2D eigenvalue weighted by Crippen LogP contribution is -2.30. The fraction of sp³-hybridized carbons (Fsp3) is 0.500. The number of benzene rings is 1. The molecule has 1 aromatic carbocycles. The van der Waals surface area contributed by atoms with E-state index in [0.29, 0.717) is 12.3 Å². The SMILES string of the molecule is COC(=O)C1CN(S(=O)(=O)c2cccc(OC)c2)CC1C. The molecule has 1 aliphatic heterocycles. The van der Waals surface area contributed by atoms with Gasteiger partial charge in [-0.05, 0) is 18.1 Å². The zero-order chi connectivity index (χ0) is 15.6. The minimum atomic E-state index is -3.63. The lowest BCUT2D eigenvalue weighted by Gasteiger charge is -2.16. The van der Waals surface area contributed by atoms with Crippen molar-refractivity contribution in [3.8, 4) is 5.75 Å². The van der Waals surface area contributed by atoms with Crippen LogP contribution in [0.3, 0.4) is 0 Å². The number of carbonyl (C=O) groups excluding carboxylic acids is 1. The highest BCUT2D eigenvalue weighted by atomic mass is 32.2. The molecular formula is C14H19NO5S. The molecule has 2 rings (SSSR count). The average molecular weight is 313 g/mol. The number of nitrogens with zero attached hydrogens (tertiary/aromatic N) is 1. The summed E-state index contributed by atoms with van der Waals surface area (Å²) in [5.74, 6) is -0.383. The smallest absolute Gasteiger partial charge is 0.310 e. The van der Waals surface area contributed by atoms with E-state index in [9.17, 15) is 13.2 Å². The van der Waals surface area contributed by atoms with Gasteiger partial charge in [-0.3, -0.25) is 4.79 Å². The van der Waals surface area contributed by atoms with Crippen LogP contribution in [0.15, 0.2) is 29.2 Å². The van der Waals surface area contributed by atoms with Crippen LogP contribution < -0.4 is 4.74 Å². The van der Waals surface area contributed by atoms with E-state index in [1.165, 1.54) is 30.7 Å². The summed E-state index contributed by atoms with van der Waals surface area (Å²) in [6.07, 6.45) is 0. The molecule has 1 aliphatic rings. The molecule has 0 aliphatic carbocycles. The Morgan fingerprint density at radius 1 is 1.29 bits per heavy atom. The van der Waals surface area contributed by atoms with Crippen LogP contribution in [0.25, 0.3) is 0 Å². The number of ether oxygens (including phenoxy) is 2. The van der Waals surface area contributed by atoms with E-state index in [1.54, 1.807) is 12.1 Å². The molecule has 1 fully saturated rings. The number of hydrogen-bond donors (Lipinski definition) is 0. The molecule has 1 saturated heterocycles. The second kappa shape index (κ2) is 6.03. The van der Waals surface area contributed by atoms with Crippen molar-refractivity contribution in [3.63, 3.8) is 0 Å². The molecule has 0 saturated carbocycles. The lowest BCUT2D eigenvalue weighted by molar-refractivity contribution is -0.145. The number of esters is 1. The van der Waals surface area contributed by atoms with E-state index in [1.807, 2.05) is 6.92 Å². The maximum absolute atomic E-state index is 12.6. The Labute approximate surface area is 124 Å². The van der Waals surface area contributed by atoms with Crippen LogP contribution in [-0.2, 0) is 19.6 Å². The second-order valence-electron chi connectivity index (χ2n) is 5.11. The standard InChI is InChI=1S/C14H19NO5S/c1-10-8-15(9-13(10)14(16)20-3)21(17,18)12-6-4-5-11(7-12)19-2/h4-7,10,13H,8-9H2,1-3H3. The molecule has 21 heavy (non-hydrogen) atoms. The van der Waals surface area contributed by atoms with Crippen LogP contribution in [-0.4, -0.2) is 46.0 Å². The number of hydrogen-bond acceptors (Lipinski definition) is 5. The Morgan fingerprint density at radius 2 is 2.00 bits per heavy atom. The van der Waals surface area contributed by atoms with Crippen LogP contribution >= 0.6 is 0 Å². The van der Waals surface area contributed by atoms with Gasteiger partial charge in [0.15, 0.2) is 0 Å². The summed E-state index contributed by atoms with van der Waals surface area (Å²) in [6, 6.07) is 6.31. The third-order valence-corrected chi connectivity index (χ3v) is 5.59. The van der Waals surface area contributed by atoms with Gasteiger partial charge >= 0.3 is 5.97 Å². The molecule has 0 bridgehead atoms. The summed E-state index contributed by atoms with van der Waals surface area (Å²) >= 11 is 0. The van der Waals surface area contributed by atoms with Crippen molar-refractivity contribution in [2.45, 2.75) is 11.8 Å². The number of methoxy groups -OCH3 is 2. The maximum Gasteiger partial charge on any atom is 0.310 e. The minimum absolute atomic E-state index is 0.0715. The van der Waals surface area contributed by atoms with Gasteiger partial charge in [0.25, 0.3) is 0 Å². The van der Waals surface area contributed by atoms with Crippen molar-refractivity contribution in [2.75, 3.05) is 27.3 Å². The van der Waals surface area contributed by atoms with Gasteiger partial charge in [-0.25, -0.2) is 8.42 Å². The van der Waals surface area contributed by atoms with Crippen LogP contribution in [0.1, 0.15) is 6.92 Å². The summed E-state index contributed by atoms with van der Waals surface area (Å²) in [6.45, 7) is 2.30. The van der Waals surface area contributed by atoms with E-state index < -0.39 is 15.9 Å². The Hall–Kier alpha value is -1.60. The van der Waals surface area contributed by atoms with Crippen LogP contribution in [0.2, 0.25) is 0 Å². The first-order valence-electron chi connectivity index (χ1n) is 6.62. The van der Waals surface area contributed by atoms with Crippen LogP contribution in [0.4, 0.5) is 0 Å². The van der Waals surface area contributed by atoms with Crippen molar-refractivity contribution in [3.05, 3.63) is 24.3 Å². The molecule has 1 heterocycles. The number of sulfonamides is 1. The van der Waals surface area contributed by atoms with Gasteiger partial charge in [0.2, 0.25) is 10.0 Å². The summed E-state index contributed by atoms with van der Waals surface area (Å²) in [7, 11) is -0.836. The molecule has 0 amide bonds. The molecule has 0 spiro atoms. The third kappa shape index (κ3) is 3.03. The fourth-order valence-electron chi connectivity index (χ4n) is 2.49. The van der Waals surface area contributed by atoms with E-state index in [0.717, 1.165) is 0 Å². The topological polar surface area (TPSA) is 72.9 Å². The zero-order valence-corrected chi connectivity index (χ0v) is 13.1. The highest BCUT2D eigenvalue weighted by molar-refractivity contribution is 7.89. The predicted octanol–water partition coefficient (Wildman–Crippen LogP) is 1.12. The number of rotatable bonds is 4. The molecule has 0 radical (unpaired) electrons. The molecule has 1 aromatic rings. The zero-order valence-electron chi connectivity index (χ0n) is 12.3. The first-order valence-corrected chi connectivity index (χ1v) is 8.06. The summed E-state index contributed by atoms with van der Waals surface area (Å²) in [4.78, 5) is 11.8. The Balaban J connectivity index is 2.26. The molecule has 2 atom stereocenters.